The summed E-state index contributed by atoms with van der Waals surface area (Å²) in [5.41, 5.74) is 1.47. The third kappa shape index (κ3) is 4.41. The van der Waals surface area contributed by atoms with Crippen molar-refractivity contribution in [2.24, 2.45) is 0 Å². The van der Waals surface area contributed by atoms with Crippen molar-refractivity contribution in [3.63, 3.8) is 0 Å². The summed E-state index contributed by atoms with van der Waals surface area (Å²) < 4.78 is 18.2. The van der Waals surface area contributed by atoms with Crippen LogP contribution in [0.15, 0.2) is 48.5 Å². The van der Waals surface area contributed by atoms with Gasteiger partial charge >= 0.3 is 5.97 Å². The van der Waals surface area contributed by atoms with E-state index < -0.39 is 24.3 Å². The number of nitrogens with one attached hydrogen (secondary N) is 1. The van der Waals surface area contributed by atoms with E-state index in [1.54, 1.807) is 6.92 Å². The summed E-state index contributed by atoms with van der Waals surface area (Å²) >= 11 is 0. The molecule has 114 valence electrons. The lowest BCUT2D eigenvalue weighted by Gasteiger charge is -2.07. The smallest absolute Gasteiger partial charge is 0.338 e. The maximum atomic E-state index is 13.4. The molecule has 1 amide bonds. The Hall–Kier alpha value is -2.69. The van der Waals surface area contributed by atoms with Crippen LogP contribution in [-0.4, -0.2) is 18.5 Å². The van der Waals surface area contributed by atoms with Gasteiger partial charge in [0.2, 0.25) is 0 Å². The molecule has 0 aliphatic carbocycles. The predicted molar refractivity (Wildman–Crippen MR) is 79.7 cm³/mol. The monoisotopic (exact) mass is 301 g/mol. The Balaban J connectivity index is 1.80. The molecule has 0 unspecified atom stereocenters. The van der Waals surface area contributed by atoms with E-state index in [2.05, 4.69) is 5.32 Å². The first kappa shape index (κ1) is 15.7. The van der Waals surface area contributed by atoms with Crippen LogP contribution in [0.4, 0.5) is 4.39 Å². The number of esters is 1. The van der Waals surface area contributed by atoms with Gasteiger partial charge in [-0.1, -0.05) is 36.4 Å². The maximum Gasteiger partial charge on any atom is 0.338 e. The highest BCUT2D eigenvalue weighted by Crippen LogP contribution is 2.10. The average Bonchev–Trinajstić information content (AvgIpc) is 2.54. The van der Waals surface area contributed by atoms with Crippen LogP contribution in [-0.2, 0) is 16.1 Å². The van der Waals surface area contributed by atoms with Crippen LogP contribution in [0.3, 0.4) is 0 Å². The Bertz CT molecular complexity index is 671. The number of ether oxygens (including phenoxy) is 1. The van der Waals surface area contributed by atoms with Crippen LogP contribution in [0, 0.1) is 12.7 Å². The lowest BCUT2D eigenvalue weighted by molar-refractivity contribution is -0.124. The molecule has 0 heterocycles. The fraction of sp³-hybridized carbons (Fsp3) is 0.176. The van der Waals surface area contributed by atoms with Gasteiger partial charge in [0.1, 0.15) is 5.82 Å². The van der Waals surface area contributed by atoms with Gasteiger partial charge in [-0.15, -0.1) is 0 Å². The topological polar surface area (TPSA) is 55.4 Å². The van der Waals surface area contributed by atoms with Crippen LogP contribution in [0.5, 0.6) is 0 Å². The Morgan fingerprint density at radius 2 is 1.86 bits per heavy atom. The second-order valence-corrected chi connectivity index (χ2v) is 4.80. The number of aryl methyl sites for hydroxylation is 1. The van der Waals surface area contributed by atoms with E-state index in [0.29, 0.717) is 12.1 Å². The lowest BCUT2D eigenvalue weighted by Crippen LogP contribution is -2.28. The van der Waals surface area contributed by atoms with Crippen molar-refractivity contribution < 1.29 is 18.7 Å². The molecule has 2 rings (SSSR count). The minimum atomic E-state index is -0.728. The summed E-state index contributed by atoms with van der Waals surface area (Å²) in [7, 11) is 0. The Labute approximate surface area is 127 Å². The summed E-state index contributed by atoms with van der Waals surface area (Å²) in [5.74, 6) is -1.62. The van der Waals surface area contributed by atoms with Crippen LogP contribution in [0.2, 0.25) is 0 Å². The number of amides is 1. The summed E-state index contributed by atoms with van der Waals surface area (Å²) in [6.45, 7) is 1.55. The lowest BCUT2D eigenvalue weighted by atomic mass is 10.1. The zero-order valence-corrected chi connectivity index (χ0v) is 12.1. The fourth-order valence-electron chi connectivity index (χ4n) is 1.78. The molecule has 0 aliphatic rings. The van der Waals surface area contributed by atoms with E-state index in [1.807, 2.05) is 30.3 Å². The molecule has 0 aliphatic heterocycles. The van der Waals surface area contributed by atoms with Crippen molar-refractivity contribution in [1.82, 2.24) is 5.32 Å². The van der Waals surface area contributed by atoms with Gasteiger partial charge in [-0.2, -0.15) is 0 Å². The van der Waals surface area contributed by atoms with Crippen molar-refractivity contribution in [1.29, 1.82) is 0 Å². The summed E-state index contributed by atoms with van der Waals surface area (Å²) in [6.07, 6.45) is 0. The Morgan fingerprint density at radius 1 is 1.14 bits per heavy atom. The predicted octanol–water partition coefficient (Wildman–Crippen LogP) is 2.61. The summed E-state index contributed by atoms with van der Waals surface area (Å²) in [4.78, 5) is 23.3. The van der Waals surface area contributed by atoms with Crippen LogP contribution in [0.1, 0.15) is 21.5 Å². The van der Waals surface area contributed by atoms with Crippen molar-refractivity contribution >= 4 is 11.9 Å². The molecule has 0 aromatic heterocycles. The molecule has 0 bridgehead atoms. The average molecular weight is 301 g/mol. The first-order chi connectivity index (χ1) is 10.6. The first-order valence-electron chi connectivity index (χ1n) is 6.80. The van der Waals surface area contributed by atoms with E-state index in [9.17, 15) is 14.0 Å². The van der Waals surface area contributed by atoms with Crippen molar-refractivity contribution in [3.8, 4) is 0 Å². The molecular weight excluding hydrogens is 285 g/mol. The van der Waals surface area contributed by atoms with Crippen LogP contribution >= 0.6 is 0 Å². The Morgan fingerprint density at radius 3 is 2.55 bits per heavy atom. The zero-order valence-electron chi connectivity index (χ0n) is 12.1. The van der Waals surface area contributed by atoms with Gasteiger partial charge in [-0.05, 0) is 30.2 Å². The number of carbonyl (C=O) groups excluding carboxylic acids is 2. The molecule has 0 spiro atoms. The highest BCUT2D eigenvalue weighted by atomic mass is 19.1. The van der Waals surface area contributed by atoms with Crippen LogP contribution in [0.25, 0.3) is 0 Å². The van der Waals surface area contributed by atoms with Gasteiger partial charge in [-0.3, -0.25) is 4.79 Å². The van der Waals surface area contributed by atoms with Gasteiger partial charge in [0, 0.05) is 6.54 Å². The second-order valence-electron chi connectivity index (χ2n) is 4.80. The van der Waals surface area contributed by atoms with E-state index in [4.69, 9.17) is 4.74 Å². The number of hydrogen-bond acceptors (Lipinski definition) is 3. The molecule has 5 heteroatoms. The third-order valence-electron chi connectivity index (χ3n) is 3.07. The van der Waals surface area contributed by atoms with Gasteiger partial charge < -0.3 is 10.1 Å². The van der Waals surface area contributed by atoms with E-state index in [0.717, 1.165) is 11.6 Å². The van der Waals surface area contributed by atoms with E-state index in [-0.39, 0.29) is 5.56 Å². The van der Waals surface area contributed by atoms with Gasteiger partial charge in [0.05, 0.1) is 5.56 Å². The molecule has 0 fully saturated rings. The van der Waals surface area contributed by atoms with E-state index >= 15 is 0 Å². The fourth-order valence-corrected chi connectivity index (χ4v) is 1.78. The van der Waals surface area contributed by atoms with Crippen LogP contribution < -0.4 is 5.32 Å². The van der Waals surface area contributed by atoms with Crippen molar-refractivity contribution in [3.05, 3.63) is 71.0 Å². The minimum Gasteiger partial charge on any atom is -0.452 e. The SMILES string of the molecule is Cc1ccc(C(=O)OCC(=O)NCc2ccccc2)cc1F. The van der Waals surface area contributed by atoms with Gasteiger partial charge in [0.15, 0.2) is 6.61 Å². The quantitative estimate of drug-likeness (QED) is 0.864. The third-order valence-corrected chi connectivity index (χ3v) is 3.07. The van der Waals surface area contributed by atoms with Gasteiger partial charge in [0.25, 0.3) is 5.91 Å². The van der Waals surface area contributed by atoms with E-state index in [1.165, 1.54) is 12.1 Å². The summed E-state index contributed by atoms with van der Waals surface area (Å²) in [5, 5.41) is 2.64. The molecule has 4 nitrogen and oxygen atoms in total. The molecule has 22 heavy (non-hydrogen) atoms. The normalized spacial score (nSPS) is 10.1. The molecular formula is C17H16FNO3. The second kappa shape index (κ2) is 7.36. The molecule has 0 saturated carbocycles. The highest BCUT2D eigenvalue weighted by molar-refractivity contribution is 5.91. The maximum absolute atomic E-state index is 13.4. The number of halogens is 1. The molecule has 0 radical (unpaired) electrons. The molecule has 2 aromatic rings. The molecule has 1 N–H and O–H groups in total. The number of hydrogen-bond donors (Lipinski definition) is 1. The number of carbonyl (C=O) groups is 2. The highest BCUT2D eigenvalue weighted by Gasteiger charge is 2.11. The Kier molecular flexibility index (Phi) is 5.25. The van der Waals surface area contributed by atoms with Gasteiger partial charge in [-0.25, -0.2) is 9.18 Å². The molecule has 0 saturated heterocycles. The first-order valence-corrected chi connectivity index (χ1v) is 6.80. The summed E-state index contributed by atoms with van der Waals surface area (Å²) in [6, 6.07) is 13.4. The zero-order chi connectivity index (χ0) is 15.9. The molecule has 2 aromatic carbocycles. The number of benzene rings is 2. The largest absolute Gasteiger partial charge is 0.452 e. The standard InChI is InChI=1S/C17H16FNO3/c1-12-7-8-14(9-15(12)18)17(21)22-11-16(20)19-10-13-5-3-2-4-6-13/h2-9H,10-11H2,1H3,(H,19,20). The van der Waals surface area contributed by atoms with Crippen molar-refractivity contribution in [2.45, 2.75) is 13.5 Å². The minimum absolute atomic E-state index is 0.0824. The molecule has 0 atom stereocenters. The van der Waals surface area contributed by atoms with Crippen molar-refractivity contribution in [2.75, 3.05) is 6.61 Å². The number of rotatable bonds is 5.